The molecular formula is C23H19NO2. The van der Waals surface area contributed by atoms with Crippen LogP contribution >= 0.6 is 0 Å². The van der Waals surface area contributed by atoms with Crippen LogP contribution in [0.25, 0.3) is 33.3 Å². The molecule has 0 spiro atoms. The second kappa shape index (κ2) is 6.52. The zero-order valence-electron chi connectivity index (χ0n) is 14.7. The van der Waals surface area contributed by atoms with Gasteiger partial charge in [-0.25, -0.2) is 0 Å². The lowest BCUT2D eigenvalue weighted by molar-refractivity contribution is 0.101. The summed E-state index contributed by atoms with van der Waals surface area (Å²) in [5.74, 6) is 0.907. The molecule has 0 aliphatic heterocycles. The quantitative estimate of drug-likeness (QED) is 0.483. The molecule has 0 aliphatic carbocycles. The van der Waals surface area contributed by atoms with Crippen LogP contribution in [0.3, 0.4) is 0 Å². The first kappa shape index (κ1) is 16.2. The highest BCUT2D eigenvalue weighted by molar-refractivity contribution is 6.04. The third kappa shape index (κ3) is 2.78. The Hall–Kier alpha value is -3.33. The fourth-order valence-electron chi connectivity index (χ4n) is 3.29. The van der Waals surface area contributed by atoms with Crippen molar-refractivity contribution in [3.8, 4) is 28.1 Å². The Balaban J connectivity index is 1.92. The Morgan fingerprint density at radius 1 is 0.846 bits per heavy atom. The number of methoxy groups -OCH3 is 1. The summed E-state index contributed by atoms with van der Waals surface area (Å²) in [5, 5.41) is 1.17. The molecule has 0 fully saturated rings. The van der Waals surface area contributed by atoms with Crippen LogP contribution in [0.4, 0.5) is 0 Å². The maximum atomic E-state index is 11.6. The van der Waals surface area contributed by atoms with Gasteiger partial charge in [0.15, 0.2) is 5.78 Å². The number of rotatable bonds is 4. The van der Waals surface area contributed by atoms with Gasteiger partial charge < -0.3 is 9.72 Å². The first-order valence-electron chi connectivity index (χ1n) is 8.54. The molecule has 1 aromatic heterocycles. The van der Waals surface area contributed by atoms with Crippen molar-refractivity contribution >= 4 is 16.7 Å². The van der Waals surface area contributed by atoms with Gasteiger partial charge in [0.25, 0.3) is 0 Å². The lowest BCUT2D eigenvalue weighted by Gasteiger charge is -2.08. The SMILES string of the molecule is COc1ccc(-c2c(-c3ccc(C(C)=O)cc3)[nH]c3ccccc23)cc1. The maximum absolute atomic E-state index is 11.6. The largest absolute Gasteiger partial charge is 0.497 e. The van der Waals surface area contributed by atoms with Gasteiger partial charge in [0.2, 0.25) is 0 Å². The van der Waals surface area contributed by atoms with Crippen LogP contribution in [-0.4, -0.2) is 17.9 Å². The van der Waals surface area contributed by atoms with Crippen LogP contribution in [0.15, 0.2) is 72.8 Å². The van der Waals surface area contributed by atoms with Crippen LogP contribution in [0.1, 0.15) is 17.3 Å². The van der Waals surface area contributed by atoms with E-state index in [9.17, 15) is 4.79 Å². The predicted octanol–water partition coefficient (Wildman–Crippen LogP) is 5.71. The minimum absolute atomic E-state index is 0.0728. The van der Waals surface area contributed by atoms with E-state index in [4.69, 9.17) is 4.74 Å². The number of Topliss-reactive ketones (excluding diaryl/α,β-unsaturated/α-hetero) is 1. The van der Waals surface area contributed by atoms with E-state index in [-0.39, 0.29) is 5.78 Å². The number of H-pyrrole nitrogens is 1. The number of para-hydroxylation sites is 1. The van der Waals surface area contributed by atoms with E-state index in [0.29, 0.717) is 0 Å². The summed E-state index contributed by atoms with van der Waals surface area (Å²) in [7, 11) is 1.67. The number of ether oxygens (including phenoxy) is 1. The molecule has 1 heterocycles. The monoisotopic (exact) mass is 341 g/mol. The van der Waals surface area contributed by atoms with Gasteiger partial charge in [-0.3, -0.25) is 4.79 Å². The van der Waals surface area contributed by atoms with Crippen molar-refractivity contribution in [2.45, 2.75) is 6.92 Å². The predicted molar refractivity (Wildman–Crippen MR) is 106 cm³/mol. The molecule has 1 N–H and O–H groups in total. The van der Waals surface area contributed by atoms with E-state index in [1.165, 1.54) is 5.39 Å². The molecular weight excluding hydrogens is 322 g/mol. The fourth-order valence-corrected chi connectivity index (χ4v) is 3.29. The molecule has 0 saturated heterocycles. The molecule has 3 heteroatoms. The van der Waals surface area contributed by atoms with Gasteiger partial charge in [-0.15, -0.1) is 0 Å². The van der Waals surface area contributed by atoms with Crippen LogP contribution in [-0.2, 0) is 0 Å². The van der Waals surface area contributed by atoms with E-state index < -0.39 is 0 Å². The van der Waals surface area contributed by atoms with Gasteiger partial charge in [0.05, 0.1) is 12.8 Å². The number of hydrogen-bond acceptors (Lipinski definition) is 2. The zero-order chi connectivity index (χ0) is 18.1. The summed E-state index contributed by atoms with van der Waals surface area (Å²) in [6, 6.07) is 24.1. The Morgan fingerprint density at radius 3 is 2.15 bits per heavy atom. The molecule has 0 saturated carbocycles. The number of carbonyl (C=O) groups excluding carboxylic acids is 1. The van der Waals surface area contributed by atoms with Crippen molar-refractivity contribution in [1.29, 1.82) is 0 Å². The molecule has 0 radical (unpaired) electrons. The van der Waals surface area contributed by atoms with Crippen LogP contribution in [0, 0.1) is 0 Å². The summed E-state index contributed by atoms with van der Waals surface area (Å²) < 4.78 is 5.28. The van der Waals surface area contributed by atoms with Gasteiger partial charge in [-0.2, -0.15) is 0 Å². The molecule has 0 atom stereocenters. The Labute approximate surface area is 152 Å². The van der Waals surface area contributed by atoms with Crippen LogP contribution < -0.4 is 4.74 Å². The number of hydrogen-bond donors (Lipinski definition) is 1. The van der Waals surface area contributed by atoms with Crippen molar-refractivity contribution in [3.05, 3.63) is 78.4 Å². The van der Waals surface area contributed by atoms with Crippen molar-refractivity contribution < 1.29 is 9.53 Å². The first-order valence-corrected chi connectivity index (χ1v) is 8.54. The highest BCUT2D eigenvalue weighted by Gasteiger charge is 2.15. The van der Waals surface area contributed by atoms with E-state index in [1.54, 1.807) is 14.0 Å². The number of ketones is 1. The number of nitrogens with one attached hydrogen (secondary N) is 1. The van der Waals surface area contributed by atoms with Gasteiger partial charge in [-0.05, 0) is 36.2 Å². The molecule has 128 valence electrons. The summed E-state index contributed by atoms with van der Waals surface area (Å²) in [6.07, 6.45) is 0. The van der Waals surface area contributed by atoms with E-state index in [2.05, 4.69) is 29.2 Å². The van der Waals surface area contributed by atoms with Crippen LogP contribution in [0.5, 0.6) is 5.75 Å². The molecule has 0 aliphatic rings. The highest BCUT2D eigenvalue weighted by Crippen LogP contribution is 2.38. The second-order valence-corrected chi connectivity index (χ2v) is 6.28. The zero-order valence-corrected chi connectivity index (χ0v) is 14.7. The van der Waals surface area contributed by atoms with E-state index in [0.717, 1.165) is 39.2 Å². The van der Waals surface area contributed by atoms with Gasteiger partial charge >= 0.3 is 0 Å². The molecule has 0 bridgehead atoms. The molecule has 4 aromatic rings. The second-order valence-electron chi connectivity index (χ2n) is 6.28. The lowest BCUT2D eigenvalue weighted by atomic mass is 9.97. The van der Waals surface area contributed by atoms with Crippen molar-refractivity contribution in [2.24, 2.45) is 0 Å². The van der Waals surface area contributed by atoms with Gasteiger partial charge in [-0.1, -0.05) is 54.6 Å². The minimum Gasteiger partial charge on any atom is -0.497 e. The summed E-state index contributed by atoms with van der Waals surface area (Å²) in [5.41, 5.74) is 6.18. The number of benzene rings is 3. The summed E-state index contributed by atoms with van der Waals surface area (Å²) in [6.45, 7) is 1.58. The standard InChI is InChI=1S/C23H19NO2/c1-15(25)16-7-9-18(10-8-16)23-22(17-11-13-19(26-2)14-12-17)20-5-3-4-6-21(20)24-23/h3-14,24H,1-2H3. The third-order valence-electron chi connectivity index (χ3n) is 4.66. The highest BCUT2D eigenvalue weighted by atomic mass is 16.5. The lowest BCUT2D eigenvalue weighted by Crippen LogP contribution is -1.91. The molecule has 0 unspecified atom stereocenters. The maximum Gasteiger partial charge on any atom is 0.159 e. The molecule has 26 heavy (non-hydrogen) atoms. The fraction of sp³-hybridized carbons (Fsp3) is 0.0870. The average Bonchev–Trinajstić information content (AvgIpc) is 3.07. The normalized spacial score (nSPS) is 10.8. The smallest absolute Gasteiger partial charge is 0.159 e. The van der Waals surface area contributed by atoms with E-state index >= 15 is 0 Å². The van der Waals surface area contributed by atoms with Gasteiger partial charge in [0, 0.05) is 22.0 Å². The van der Waals surface area contributed by atoms with Crippen LogP contribution in [0.2, 0.25) is 0 Å². The topological polar surface area (TPSA) is 42.1 Å². The van der Waals surface area contributed by atoms with E-state index in [1.807, 2.05) is 48.5 Å². The average molecular weight is 341 g/mol. The summed E-state index contributed by atoms with van der Waals surface area (Å²) in [4.78, 5) is 15.1. The Kier molecular flexibility index (Phi) is 4.05. The Morgan fingerprint density at radius 2 is 1.50 bits per heavy atom. The molecule has 3 aromatic carbocycles. The van der Waals surface area contributed by atoms with Crippen molar-refractivity contribution in [2.75, 3.05) is 7.11 Å². The molecule has 0 amide bonds. The third-order valence-corrected chi connectivity index (χ3v) is 4.66. The van der Waals surface area contributed by atoms with Crippen molar-refractivity contribution in [3.63, 3.8) is 0 Å². The minimum atomic E-state index is 0.0728. The molecule has 4 rings (SSSR count). The van der Waals surface area contributed by atoms with Gasteiger partial charge in [0.1, 0.15) is 5.75 Å². The summed E-state index contributed by atoms with van der Waals surface area (Å²) >= 11 is 0. The number of carbonyl (C=O) groups is 1. The number of aromatic amines is 1. The number of aromatic nitrogens is 1. The number of fused-ring (bicyclic) bond motifs is 1. The van der Waals surface area contributed by atoms with Crippen molar-refractivity contribution in [1.82, 2.24) is 4.98 Å². The molecule has 3 nitrogen and oxygen atoms in total. The first-order chi connectivity index (χ1) is 12.7. The Bertz CT molecular complexity index is 1070.